The maximum atomic E-state index is 10.4. The van der Waals surface area contributed by atoms with Crippen molar-refractivity contribution in [2.45, 2.75) is 31.5 Å². The van der Waals surface area contributed by atoms with Crippen LogP contribution in [0.3, 0.4) is 0 Å². The molecule has 5 heteroatoms. The first-order chi connectivity index (χ1) is 10.1. The van der Waals surface area contributed by atoms with Gasteiger partial charge in [0.25, 0.3) is 0 Å². The molecule has 2 unspecified atom stereocenters. The standard InChI is InChI=1S/C16H25NO4/c1-16(7-4-8-21-16)11-17-10-14(18)13-9-12(19-2)5-6-15(13)20-3/h5-6,9,14,17-18H,4,7-8,10-11H2,1-3H3. The molecule has 0 radical (unpaired) electrons. The summed E-state index contributed by atoms with van der Waals surface area (Å²) < 4.78 is 16.2. The van der Waals surface area contributed by atoms with E-state index in [1.807, 2.05) is 6.07 Å². The first-order valence-electron chi connectivity index (χ1n) is 7.32. The van der Waals surface area contributed by atoms with Gasteiger partial charge in [0.15, 0.2) is 0 Å². The summed E-state index contributed by atoms with van der Waals surface area (Å²) in [5.41, 5.74) is 0.611. The van der Waals surface area contributed by atoms with Crippen LogP contribution in [0.2, 0.25) is 0 Å². The van der Waals surface area contributed by atoms with Crippen molar-refractivity contribution in [3.05, 3.63) is 23.8 Å². The van der Waals surface area contributed by atoms with E-state index < -0.39 is 6.10 Å². The molecule has 2 rings (SSSR count). The van der Waals surface area contributed by atoms with Crippen LogP contribution in [-0.4, -0.2) is 44.6 Å². The van der Waals surface area contributed by atoms with Crippen LogP contribution in [0.4, 0.5) is 0 Å². The minimum Gasteiger partial charge on any atom is -0.497 e. The van der Waals surface area contributed by atoms with Crippen LogP contribution >= 0.6 is 0 Å². The van der Waals surface area contributed by atoms with Gasteiger partial charge >= 0.3 is 0 Å². The third-order valence-electron chi connectivity index (χ3n) is 3.93. The molecular weight excluding hydrogens is 270 g/mol. The van der Waals surface area contributed by atoms with Crippen molar-refractivity contribution in [2.75, 3.05) is 33.9 Å². The molecule has 1 aromatic carbocycles. The molecule has 1 aliphatic heterocycles. The molecule has 2 N–H and O–H groups in total. The Morgan fingerprint density at radius 3 is 2.81 bits per heavy atom. The second kappa shape index (κ2) is 7.11. The van der Waals surface area contributed by atoms with E-state index in [2.05, 4.69) is 12.2 Å². The molecular formula is C16H25NO4. The molecule has 1 saturated heterocycles. The van der Waals surface area contributed by atoms with Gasteiger partial charge in [-0.2, -0.15) is 0 Å². The lowest BCUT2D eigenvalue weighted by Crippen LogP contribution is -2.38. The number of hydrogen-bond donors (Lipinski definition) is 2. The fraction of sp³-hybridized carbons (Fsp3) is 0.625. The van der Waals surface area contributed by atoms with E-state index in [0.717, 1.165) is 31.6 Å². The van der Waals surface area contributed by atoms with Gasteiger partial charge in [-0.25, -0.2) is 0 Å². The minimum atomic E-state index is -0.653. The molecule has 0 saturated carbocycles. The van der Waals surface area contributed by atoms with Gasteiger partial charge in [0, 0.05) is 25.3 Å². The van der Waals surface area contributed by atoms with Crippen molar-refractivity contribution in [1.82, 2.24) is 5.32 Å². The zero-order chi connectivity index (χ0) is 15.3. The van der Waals surface area contributed by atoms with Crippen LogP contribution in [0.15, 0.2) is 18.2 Å². The molecule has 0 aromatic heterocycles. The second-order valence-electron chi connectivity index (χ2n) is 5.66. The minimum absolute atomic E-state index is 0.113. The average Bonchev–Trinajstić information content (AvgIpc) is 2.93. The van der Waals surface area contributed by atoms with Crippen LogP contribution in [-0.2, 0) is 4.74 Å². The molecule has 0 spiro atoms. The quantitative estimate of drug-likeness (QED) is 0.804. The summed E-state index contributed by atoms with van der Waals surface area (Å²) in [6.07, 6.45) is 1.50. The first kappa shape index (κ1) is 16.1. The predicted molar refractivity (Wildman–Crippen MR) is 81.0 cm³/mol. The van der Waals surface area contributed by atoms with Gasteiger partial charge in [-0.3, -0.25) is 0 Å². The van der Waals surface area contributed by atoms with Crippen LogP contribution < -0.4 is 14.8 Å². The second-order valence-corrected chi connectivity index (χ2v) is 5.66. The van der Waals surface area contributed by atoms with E-state index >= 15 is 0 Å². The molecule has 1 aliphatic rings. The van der Waals surface area contributed by atoms with Crippen molar-refractivity contribution >= 4 is 0 Å². The smallest absolute Gasteiger partial charge is 0.124 e. The maximum Gasteiger partial charge on any atom is 0.124 e. The van der Waals surface area contributed by atoms with E-state index in [1.165, 1.54) is 0 Å². The average molecular weight is 295 g/mol. The normalized spacial score (nSPS) is 23.0. The van der Waals surface area contributed by atoms with Gasteiger partial charge in [-0.15, -0.1) is 0 Å². The number of hydrogen-bond acceptors (Lipinski definition) is 5. The molecule has 1 fully saturated rings. The Balaban J connectivity index is 1.94. The Labute approximate surface area is 126 Å². The molecule has 2 atom stereocenters. The Morgan fingerprint density at radius 1 is 1.38 bits per heavy atom. The number of nitrogens with one attached hydrogen (secondary N) is 1. The van der Waals surface area contributed by atoms with E-state index in [0.29, 0.717) is 18.0 Å². The number of aliphatic hydroxyl groups is 1. The largest absolute Gasteiger partial charge is 0.497 e. The molecule has 1 aromatic rings. The Morgan fingerprint density at radius 2 is 2.19 bits per heavy atom. The molecule has 0 amide bonds. The Kier molecular flexibility index (Phi) is 5.45. The molecule has 0 aliphatic carbocycles. The van der Waals surface area contributed by atoms with Crippen molar-refractivity contribution in [2.24, 2.45) is 0 Å². The monoisotopic (exact) mass is 295 g/mol. The lowest BCUT2D eigenvalue weighted by molar-refractivity contribution is 0.0184. The lowest BCUT2D eigenvalue weighted by Gasteiger charge is -2.24. The van der Waals surface area contributed by atoms with Gasteiger partial charge in [-0.05, 0) is 38.0 Å². The highest BCUT2D eigenvalue weighted by molar-refractivity contribution is 5.41. The third-order valence-corrected chi connectivity index (χ3v) is 3.93. The third kappa shape index (κ3) is 4.09. The zero-order valence-electron chi connectivity index (χ0n) is 13.0. The fourth-order valence-electron chi connectivity index (χ4n) is 2.66. The summed E-state index contributed by atoms with van der Waals surface area (Å²) in [5.74, 6) is 1.37. The molecule has 118 valence electrons. The first-order valence-corrected chi connectivity index (χ1v) is 7.32. The number of rotatable bonds is 7. The van der Waals surface area contributed by atoms with E-state index in [9.17, 15) is 5.11 Å². The summed E-state index contributed by atoms with van der Waals surface area (Å²) in [7, 11) is 3.20. The van der Waals surface area contributed by atoms with Crippen molar-refractivity contribution in [1.29, 1.82) is 0 Å². The van der Waals surface area contributed by atoms with Gasteiger partial charge < -0.3 is 24.6 Å². The number of methoxy groups -OCH3 is 2. The highest BCUT2D eigenvalue weighted by Crippen LogP contribution is 2.29. The summed E-state index contributed by atoms with van der Waals surface area (Å²) in [5, 5.41) is 13.7. The van der Waals surface area contributed by atoms with E-state index in [1.54, 1.807) is 26.4 Å². The molecule has 5 nitrogen and oxygen atoms in total. The summed E-state index contributed by atoms with van der Waals surface area (Å²) in [6.45, 7) is 4.11. The summed E-state index contributed by atoms with van der Waals surface area (Å²) >= 11 is 0. The maximum absolute atomic E-state index is 10.4. The van der Waals surface area contributed by atoms with Crippen LogP contribution in [0.5, 0.6) is 11.5 Å². The molecule has 0 bridgehead atoms. The van der Waals surface area contributed by atoms with E-state index in [4.69, 9.17) is 14.2 Å². The number of aliphatic hydroxyl groups excluding tert-OH is 1. The summed E-state index contributed by atoms with van der Waals surface area (Å²) in [6, 6.07) is 5.42. The van der Waals surface area contributed by atoms with Crippen LogP contribution in [0.25, 0.3) is 0 Å². The summed E-state index contributed by atoms with van der Waals surface area (Å²) in [4.78, 5) is 0. The van der Waals surface area contributed by atoms with Crippen molar-refractivity contribution in [3.8, 4) is 11.5 Å². The Bertz CT molecular complexity index is 458. The highest BCUT2D eigenvalue weighted by atomic mass is 16.5. The zero-order valence-corrected chi connectivity index (χ0v) is 13.0. The topological polar surface area (TPSA) is 60.0 Å². The van der Waals surface area contributed by atoms with Gasteiger partial charge in [0.2, 0.25) is 0 Å². The van der Waals surface area contributed by atoms with Crippen LogP contribution in [0, 0.1) is 0 Å². The number of ether oxygens (including phenoxy) is 3. The van der Waals surface area contributed by atoms with Crippen molar-refractivity contribution < 1.29 is 19.3 Å². The molecule has 1 heterocycles. The van der Waals surface area contributed by atoms with Crippen molar-refractivity contribution in [3.63, 3.8) is 0 Å². The highest BCUT2D eigenvalue weighted by Gasteiger charge is 2.29. The van der Waals surface area contributed by atoms with E-state index in [-0.39, 0.29) is 5.60 Å². The SMILES string of the molecule is COc1ccc(OC)c(C(O)CNCC2(C)CCCO2)c1. The predicted octanol–water partition coefficient (Wildman–Crippen LogP) is 1.90. The number of benzene rings is 1. The van der Waals surface area contributed by atoms with Gasteiger partial charge in [-0.1, -0.05) is 0 Å². The molecule has 21 heavy (non-hydrogen) atoms. The van der Waals surface area contributed by atoms with Gasteiger partial charge in [0.1, 0.15) is 11.5 Å². The Hall–Kier alpha value is -1.30. The van der Waals surface area contributed by atoms with Crippen LogP contribution in [0.1, 0.15) is 31.4 Å². The fourth-order valence-corrected chi connectivity index (χ4v) is 2.66. The van der Waals surface area contributed by atoms with Gasteiger partial charge in [0.05, 0.1) is 25.9 Å². The lowest BCUT2D eigenvalue weighted by atomic mass is 10.0.